The Morgan fingerprint density at radius 1 is 1.35 bits per heavy atom. The number of fused-ring (bicyclic) bond motifs is 1. The molecule has 2 aromatic rings. The largest absolute Gasteiger partial charge is 0.497 e. The second-order valence-corrected chi connectivity index (χ2v) is 5.23. The maximum Gasteiger partial charge on any atom is 0.136 e. The number of hydrogen-bond acceptors (Lipinski definition) is 4. The molecule has 0 atom stereocenters. The molecular formula is C16H21N3O. The van der Waals surface area contributed by atoms with E-state index in [1.807, 2.05) is 18.3 Å². The van der Waals surface area contributed by atoms with Crippen molar-refractivity contribution in [1.82, 2.24) is 10.3 Å². The zero-order valence-electron chi connectivity index (χ0n) is 12.1. The molecule has 0 bridgehead atoms. The Morgan fingerprint density at radius 3 is 2.85 bits per heavy atom. The molecule has 20 heavy (non-hydrogen) atoms. The van der Waals surface area contributed by atoms with Crippen LogP contribution in [0, 0.1) is 0 Å². The number of aromatic nitrogens is 1. The van der Waals surface area contributed by atoms with E-state index >= 15 is 0 Å². The number of nitrogens with zero attached hydrogens (tertiary/aromatic N) is 2. The van der Waals surface area contributed by atoms with Crippen molar-refractivity contribution in [3.8, 4) is 5.75 Å². The molecule has 0 unspecified atom stereocenters. The first-order chi connectivity index (χ1) is 9.83. The van der Waals surface area contributed by atoms with Crippen LogP contribution in [0.2, 0.25) is 0 Å². The first kappa shape index (κ1) is 13.2. The van der Waals surface area contributed by atoms with Crippen LogP contribution < -0.4 is 15.0 Å². The number of pyridine rings is 1. The summed E-state index contributed by atoms with van der Waals surface area (Å²) in [6.45, 7) is 5.36. The summed E-state index contributed by atoms with van der Waals surface area (Å²) in [5.41, 5.74) is 0. The number of nitrogens with one attached hydrogen (secondary N) is 1. The van der Waals surface area contributed by atoms with E-state index in [-0.39, 0.29) is 0 Å². The van der Waals surface area contributed by atoms with Crippen molar-refractivity contribution in [2.24, 2.45) is 0 Å². The summed E-state index contributed by atoms with van der Waals surface area (Å²) >= 11 is 0. The summed E-state index contributed by atoms with van der Waals surface area (Å²) in [4.78, 5) is 7.08. The van der Waals surface area contributed by atoms with Gasteiger partial charge in [-0.05, 0) is 36.1 Å². The summed E-state index contributed by atoms with van der Waals surface area (Å²) in [5.74, 6) is 1.99. The lowest BCUT2D eigenvalue weighted by Crippen LogP contribution is -2.57. The maximum absolute atomic E-state index is 5.31. The Balaban J connectivity index is 2.04. The Kier molecular flexibility index (Phi) is 3.74. The molecule has 0 amide bonds. The highest BCUT2D eigenvalue weighted by molar-refractivity contribution is 5.93. The van der Waals surface area contributed by atoms with Crippen LogP contribution in [0.15, 0.2) is 30.5 Å². The van der Waals surface area contributed by atoms with Gasteiger partial charge in [-0.25, -0.2) is 4.98 Å². The zero-order chi connectivity index (χ0) is 13.9. The standard InChI is InChI=1S/C16H21N3O/c1-3-8-19(13-10-17-11-13)16-15-5-4-14(20-2)9-12(15)6-7-18-16/h4-7,9,13,17H,3,8,10-11H2,1-2H3. The van der Waals surface area contributed by atoms with E-state index in [9.17, 15) is 0 Å². The Hall–Kier alpha value is -1.81. The van der Waals surface area contributed by atoms with Gasteiger partial charge in [-0.1, -0.05) is 6.92 Å². The quantitative estimate of drug-likeness (QED) is 0.906. The molecule has 1 aromatic carbocycles. The minimum Gasteiger partial charge on any atom is -0.497 e. The van der Waals surface area contributed by atoms with Gasteiger partial charge in [0.2, 0.25) is 0 Å². The fraction of sp³-hybridized carbons (Fsp3) is 0.438. The predicted octanol–water partition coefficient (Wildman–Crippen LogP) is 2.43. The first-order valence-electron chi connectivity index (χ1n) is 7.23. The number of methoxy groups -OCH3 is 1. The van der Waals surface area contributed by atoms with Gasteiger partial charge in [0, 0.05) is 31.2 Å². The molecule has 2 heterocycles. The molecular weight excluding hydrogens is 250 g/mol. The smallest absolute Gasteiger partial charge is 0.136 e. The molecule has 1 saturated heterocycles. The number of anilines is 1. The van der Waals surface area contributed by atoms with Crippen molar-refractivity contribution in [2.75, 3.05) is 31.6 Å². The molecule has 4 heteroatoms. The normalized spacial score (nSPS) is 15.1. The van der Waals surface area contributed by atoms with Crippen LogP contribution in [0.4, 0.5) is 5.82 Å². The van der Waals surface area contributed by atoms with Gasteiger partial charge in [0.25, 0.3) is 0 Å². The van der Waals surface area contributed by atoms with Crippen LogP contribution in [0.1, 0.15) is 13.3 Å². The van der Waals surface area contributed by atoms with Gasteiger partial charge in [0.15, 0.2) is 0 Å². The Labute approximate surface area is 119 Å². The van der Waals surface area contributed by atoms with Crippen molar-refractivity contribution in [2.45, 2.75) is 19.4 Å². The molecule has 0 spiro atoms. The lowest BCUT2D eigenvalue weighted by atomic mass is 10.1. The molecule has 1 N–H and O–H groups in total. The van der Waals surface area contributed by atoms with E-state index in [0.717, 1.165) is 37.6 Å². The fourth-order valence-corrected chi connectivity index (χ4v) is 2.69. The summed E-state index contributed by atoms with van der Waals surface area (Å²) in [5, 5.41) is 5.73. The Morgan fingerprint density at radius 2 is 2.20 bits per heavy atom. The third kappa shape index (κ3) is 2.31. The zero-order valence-corrected chi connectivity index (χ0v) is 12.1. The van der Waals surface area contributed by atoms with Crippen LogP contribution in [0.25, 0.3) is 10.8 Å². The fourth-order valence-electron chi connectivity index (χ4n) is 2.69. The van der Waals surface area contributed by atoms with Gasteiger partial charge in [-0.2, -0.15) is 0 Å². The monoisotopic (exact) mass is 271 g/mol. The van der Waals surface area contributed by atoms with Gasteiger partial charge in [0.05, 0.1) is 13.2 Å². The van der Waals surface area contributed by atoms with Crippen LogP contribution in [-0.4, -0.2) is 37.8 Å². The molecule has 1 aliphatic rings. The Bertz CT molecular complexity index is 595. The highest BCUT2D eigenvalue weighted by atomic mass is 16.5. The molecule has 1 aliphatic heterocycles. The summed E-state index contributed by atoms with van der Waals surface area (Å²) in [6, 6.07) is 8.81. The minimum atomic E-state index is 0.565. The third-order valence-corrected chi connectivity index (χ3v) is 3.89. The van der Waals surface area contributed by atoms with Crippen LogP contribution in [-0.2, 0) is 0 Å². The van der Waals surface area contributed by atoms with Crippen molar-refractivity contribution in [3.05, 3.63) is 30.5 Å². The van der Waals surface area contributed by atoms with E-state index in [2.05, 4.69) is 34.3 Å². The van der Waals surface area contributed by atoms with Crippen molar-refractivity contribution in [3.63, 3.8) is 0 Å². The molecule has 0 saturated carbocycles. The lowest BCUT2D eigenvalue weighted by molar-refractivity contribution is 0.411. The lowest BCUT2D eigenvalue weighted by Gasteiger charge is -2.39. The highest BCUT2D eigenvalue weighted by Crippen LogP contribution is 2.29. The minimum absolute atomic E-state index is 0.565. The van der Waals surface area contributed by atoms with Crippen molar-refractivity contribution in [1.29, 1.82) is 0 Å². The average Bonchev–Trinajstić information content (AvgIpc) is 2.43. The summed E-state index contributed by atoms with van der Waals surface area (Å²) < 4.78 is 5.31. The van der Waals surface area contributed by atoms with E-state index in [1.54, 1.807) is 7.11 Å². The van der Waals surface area contributed by atoms with Crippen molar-refractivity contribution < 1.29 is 4.74 Å². The highest BCUT2D eigenvalue weighted by Gasteiger charge is 2.26. The van der Waals surface area contributed by atoms with Gasteiger partial charge in [-0.3, -0.25) is 0 Å². The molecule has 4 nitrogen and oxygen atoms in total. The second kappa shape index (κ2) is 5.67. The van der Waals surface area contributed by atoms with Crippen LogP contribution >= 0.6 is 0 Å². The number of ether oxygens (including phenoxy) is 1. The molecule has 106 valence electrons. The van der Waals surface area contributed by atoms with Crippen molar-refractivity contribution >= 4 is 16.6 Å². The molecule has 0 radical (unpaired) electrons. The molecule has 0 aliphatic carbocycles. The third-order valence-electron chi connectivity index (χ3n) is 3.89. The SMILES string of the molecule is CCCN(c1nccc2cc(OC)ccc12)C1CNC1. The van der Waals surface area contributed by atoms with Crippen LogP contribution in [0.5, 0.6) is 5.75 Å². The topological polar surface area (TPSA) is 37.4 Å². The summed E-state index contributed by atoms with van der Waals surface area (Å²) in [7, 11) is 1.70. The van der Waals surface area contributed by atoms with Gasteiger partial charge < -0.3 is 15.0 Å². The van der Waals surface area contributed by atoms with E-state index < -0.39 is 0 Å². The molecule has 3 rings (SSSR count). The van der Waals surface area contributed by atoms with E-state index in [0.29, 0.717) is 6.04 Å². The van der Waals surface area contributed by atoms with Gasteiger partial charge in [0.1, 0.15) is 11.6 Å². The number of rotatable bonds is 5. The number of hydrogen-bond donors (Lipinski definition) is 1. The second-order valence-electron chi connectivity index (χ2n) is 5.23. The van der Waals surface area contributed by atoms with E-state index in [1.165, 1.54) is 10.8 Å². The average molecular weight is 271 g/mol. The van der Waals surface area contributed by atoms with E-state index in [4.69, 9.17) is 4.74 Å². The van der Waals surface area contributed by atoms with Crippen LogP contribution in [0.3, 0.4) is 0 Å². The van der Waals surface area contributed by atoms with Gasteiger partial charge >= 0.3 is 0 Å². The van der Waals surface area contributed by atoms with Gasteiger partial charge in [-0.15, -0.1) is 0 Å². The summed E-state index contributed by atoms with van der Waals surface area (Å²) in [6.07, 6.45) is 3.02. The first-order valence-corrected chi connectivity index (χ1v) is 7.23. The number of benzene rings is 1. The maximum atomic E-state index is 5.31. The predicted molar refractivity (Wildman–Crippen MR) is 82.6 cm³/mol. The molecule has 1 aromatic heterocycles. The molecule has 1 fully saturated rings.